The van der Waals surface area contributed by atoms with Crippen LogP contribution in [0.2, 0.25) is 0 Å². The predicted octanol–water partition coefficient (Wildman–Crippen LogP) is 1.51. The number of β-amino-alcohol motifs (C(OH)–C–C–N with tert-alkyl or cyclic N) is 1. The molecule has 1 N–H and O–H groups in total. The second-order valence-electron chi connectivity index (χ2n) is 6.10. The second-order valence-corrected chi connectivity index (χ2v) is 6.10. The van der Waals surface area contributed by atoms with Gasteiger partial charge in [0.05, 0.1) is 37.0 Å². The molecule has 4 rings (SSSR count). The van der Waals surface area contributed by atoms with Crippen LogP contribution in [-0.4, -0.2) is 50.2 Å². The maximum atomic E-state index is 10.3. The molecule has 0 aliphatic carbocycles. The predicted molar refractivity (Wildman–Crippen MR) is 93.3 cm³/mol. The smallest absolute Gasteiger partial charge is 0.157 e. The minimum atomic E-state index is -0.587. The summed E-state index contributed by atoms with van der Waals surface area (Å²) in [7, 11) is 1.83. The molecule has 0 amide bonds. The zero-order valence-electron chi connectivity index (χ0n) is 13.9. The fourth-order valence-electron chi connectivity index (χ4n) is 2.94. The Morgan fingerprint density at radius 1 is 1.08 bits per heavy atom. The standard InChI is InChI=1S/C18H19N5O2/c1-22-10-14(7-21-22)25-17-12-23(11-16(17)24)18-9-19-15(8-20-18)13-5-3-2-4-6-13/h2-10,16-17,24H,11-12H2,1H3/t16-,17-/m1/s1. The second kappa shape index (κ2) is 6.52. The molecule has 3 heterocycles. The fraction of sp³-hybridized carbons (Fsp3) is 0.278. The molecule has 0 unspecified atom stereocenters. The van der Waals surface area contributed by atoms with E-state index in [-0.39, 0.29) is 6.10 Å². The summed E-state index contributed by atoms with van der Waals surface area (Å²) in [6, 6.07) is 9.92. The SMILES string of the molecule is Cn1cc(O[C@@H]2CN(c3cnc(-c4ccccc4)cn3)C[C@H]2O)cn1. The van der Waals surface area contributed by atoms with Crippen LogP contribution in [-0.2, 0) is 7.05 Å². The summed E-state index contributed by atoms with van der Waals surface area (Å²) in [4.78, 5) is 11.0. The van der Waals surface area contributed by atoms with Crippen molar-refractivity contribution in [1.29, 1.82) is 0 Å². The average Bonchev–Trinajstić information content (AvgIpc) is 3.22. The van der Waals surface area contributed by atoms with Gasteiger partial charge in [0.25, 0.3) is 0 Å². The Morgan fingerprint density at radius 3 is 2.60 bits per heavy atom. The van der Waals surface area contributed by atoms with Crippen molar-refractivity contribution >= 4 is 5.82 Å². The lowest BCUT2D eigenvalue weighted by atomic mass is 10.2. The monoisotopic (exact) mass is 337 g/mol. The first-order valence-corrected chi connectivity index (χ1v) is 8.15. The highest BCUT2D eigenvalue weighted by Gasteiger charge is 2.34. The maximum absolute atomic E-state index is 10.3. The molecular formula is C18H19N5O2. The van der Waals surface area contributed by atoms with Crippen LogP contribution >= 0.6 is 0 Å². The minimum absolute atomic E-state index is 0.320. The molecule has 0 bridgehead atoms. The first-order chi connectivity index (χ1) is 12.2. The van der Waals surface area contributed by atoms with Gasteiger partial charge in [0, 0.05) is 19.2 Å². The normalized spacial score (nSPS) is 20.0. The number of aliphatic hydroxyl groups excluding tert-OH is 1. The van der Waals surface area contributed by atoms with E-state index in [0.717, 1.165) is 17.1 Å². The highest BCUT2D eigenvalue weighted by molar-refractivity contribution is 5.58. The lowest BCUT2D eigenvalue weighted by Gasteiger charge is -2.17. The van der Waals surface area contributed by atoms with Crippen LogP contribution in [0.15, 0.2) is 55.1 Å². The summed E-state index contributed by atoms with van der Waals surface area (Å²) in [5.74, 6) is 1.38. The average molecular weight is 337 g/mol. The molecule has 2 atom stereocenters. The lowest BCUT2D eigenvalue weighted by Crippen LogP contribution is -2.29. The Hall–Kier alpha value is -2.93. The van der Waals surface area contributed by atoms with Gasteiger partial charge in [0.15, 0.2) is 5.75 Å². The maximum Gasteiger partial charge on any atom is 0.157 e. The van der Waals surface area contributed by atoms with Gasteiger partial charge in [-0.1, -0.05) is 30.3 Å². The van der Waals surface area contributed by atoms with Gasteiger partial charge in [-0.3, -0.25) is 9.67 Å². The minimum Gasteiger partial charge on any atom is -0.482 e. The van der Waals surface area contributed by atoms with Gasteiger partial charge < -0.3 is 14.7 Å². The number of anilines is 1. The Bertz CT molecular complexity index is 834. The Balaban J connectivity index is 1.45. The summed E-state index contributed by atoms with van der Waals surface area (Å²) in [6.07, 6.45) is 6.01. The molecule has 2 aromatic heterocycles. The van der Waals surface area contributed by atoms with E-state index in [1.165, 1.54) is 0 Å². The number of nitrogens with zero attached hydrogens (tertiary/aromatic N) is 5. The summed E-state index contributed by atoms with van der Waals surface area (Å²) in [5.41, 5.74) is 1.85. The van der Waals surface area contributed by atoms with Crippen LogP contribution in [0.4, 0.5) is 5.82 Å². The third-order valence-electron chi connectivity index (χ3n) is 4.24. The van der Waals surface area contributed by atoms with Crippen molar-refractivity contribution in [3.63, 3.8) is 0 Å². The Labute approximate surface area is 145 Å². The van der Waals surface area contributed by atoms with Crippen molar-refractivity contribution in [3.05, 3.63) is 55.1 Å². The zero-order chi connectivity index (χ0) is 17.2. The van der Waals surface area contributed by atoms with Crippen LogP contribution in [0, 0.1) is 0 Å². The van der Waals surface area contributed by atoms with Gasteiger partial charge in [0.2, 0.25) is 0 Å². The first-order valence-electron chi connectivity index (χ1n) is 8.15. The molecule has 7 heteroatoms. The van der Waals surface area contributed by atoms with Crippen molar-refractivity contribution in [2.24, 2.45) is 7.05 Å². The molecule has 1 aromatic carbocycles. The van der Waals surface area contributed by atoms with E-state index in [1.54, 1.807) is 29.5 Å². The first kappa shape index (κ1) is 15.6. The van der Waals surface area contributed by atoms with E-state index in [2.05, 4.69) is 15.1 Å². The molecule has 1 aliphatic heterocycles. The highest BCUT2D eigenvalue weighted by atomic mass is 16.5. The number of hydrogen-bond acceptors (Lipinski definition) is 6. The third kappa shape index (κ3) is 3.32. The number of aliphatic hydroxyl groups is 1. The number of benzene rings is 1. The van der Waals surface area contributed by atoms with Crippen LogP contribution in [0.3, 0.4) is 0 Å². The van der Waals surface area contributed by atoms with E-state index in [0.29, 0.717) is 18.8 Å². The molecular weight excluding hydrogens is 318 g/mol. The molecule has 25 heavy (non-hydrogen) atoms. The largest absolute Gasteiger partial charge is 0.482 e. The Morgan fingerprint density at radius 2 is 1.92 bits per heavy atom. The number of aromatic nitrogens is 4. The van der Waals surface area contributed by atoms with Gasteiger partial charge in [-0.05, 0) is 0 Å². The molecule has 7 nitrogen and oxygen atoms in total. The summed E-state index contributed by atoms with van der Waals surface area (Å²) in [5, 5.41) is 14.4. The summed E-state index contributed by atoms with van der Waals surface area (Å²) in [6.45, 7) is 1.01. The Kier molecular flexibility index (Phi) is 4.07. The third-order valence-corrected chi connectivity index (χ3v) is 4.24. The molecule has 3 aromatic rings. The lowest BCUT2D eigenvalue weighted by molar-refractivity contribution is 0.0737. The molecule has 1 aliphatic rings. The highest BCUT2D eigenvalue weighted by Crippen LogP contribution is 2.23. The topological polar surface area (TPSA) is 76.3 Å². The molecule has 0 saturated carbocycles. The number of aryl methyl sites for hydroxylation is 1. The van der Waals surface area contributed by atoms with E-state index >= 15 is 0 Å². The van der Waals surface area contributed by atoms with Crippen molar-refractivity contribution < 1.29 is 9.84 Å². The van der Waals surface area contributed by atoms with E-state index < -0.39 is 6.10 Å². The van der Waals surface area contributed by atoms with Crippen molar-refractivity contribution in [2.45, 2.75) is 12.2 Å². The van der Waals surface area contributed by atoms with Crippen LogP contribution < -0.4 is 9.64 Å². The number of hydrogen-bond donors (Lipinski definition) is 1. The quantitative estimate of drug-likeness (QED) is 0.778. The van der Waals surface area contributed by atoms with Crippen molar-refractivity contribution in [1.82, 2.24) is 19.7 Å². The summed E-state index contributed by atoms with van der Waals surface area (Å²) >= 11 is 0. The number of ether oxygens (including phenoxy) is 1. The van der Waals surface area contributed by atoms with E-state index in [1.807, 2.05) is 42.3 Å². The zero-order valence-corrected chi connectivity index (χ0v) is 13.9. The van der Waals surface area contributed by atoms with Crippen LogP contribution in [0.5, 0.6) is 5.75 Å². The van der Waals surface area contributed by atoms with Gasteiger partial charge in [-0.15, -0.1) is 0 Å². The summed E-state index contributed by atoms with van der Waals surface area (Å²) < 4.78 is 7.50. The molecule has 1 saturated heterocycles. The van der Waals surface area contributed by atoms with Crippen LogP contribution in [0.25, 0.3) is 11.3 Å². The van der Waals surface area contributed by atoms with Gasteiger partial charge in [0.1, 0.15) is 18.0 Å². The molecule has 1 fully saturated rings. The molecule has 0 radical (unpaired) electrons. The molecule has 0 spiro atoms. The van der Waals surface area contributed by atoms with Crippen molar-refractivity contribution in [2.75, 3.05) is 18.0 Å². The van der Waals surface area contributed by atoms with Gasteiger partial charge in [-0.25, -0.2) is 4.98 Å². The van der Waals surface area contributed by atoms with Crippen molar-refractivity contribution in [3.8, 4) is 17.0 Å². The van der Waals surface area contributed by atoms with Gasteiger partial charge in [-0.2, -0.15) is 5.10 Å². The molecule has 128 valence electrons. The van der Waals surface area contributed by atoms with E-state index in [4.69, 9.17) is 4.74 Å². The van der Waals surface area contributed by atoms with E-state index in [9.17, 15) is 5.11 Å². The van der Waals surface area contributed by atoms with Crippen LogP contribution in [0.1, 0.15) is 0 Å². The number of rotatable bonds is 4. The van der Waals surface area contributed by atoms with Gasteiger partial charge >= 0.3 is 0 Å². The fourth-order valence-corrected chi connectivity index (χ4v) is 2.94.